The lowest BCUT2D eigenvalue weighted by Gasteiger charge is -2.31. The van der Waals surface area contributed by atoms with Crippen molar-refractivity contribution in [3.8, 4) is 5.75 Å². The van der Waals surface area contributed by atoms with Crippen molar-refractivity contribution in [1.82, 2.24) is 3.89 Å². The Morgan fingerprint density at radius 3 is 2.27 bits per heavy atom. The molecule has 0 heterocycles. The largest absolute Gasteiger partial charge is 0.497 e. The molecular formula is C32H36NO3S+. The number of fused-ring (bicyclic) bond motifs is 1. The number of hydrogen-bond acceptors (Lipinski definition) is 4. The maximum atomic E-state index is 12.7. The number of nitrogens with zero attached hydrogens (tertiary/aromatic N) is 1. The van der Waals surface area contributed by atoms with E-state index in [1.165, 1.54) is 11.3 Å². The molecule has 37 heavy (non-hydrogen) atoms. The molecule has 192 valence electrons. The van der Waals surface area contributed by atoms with Crippen LogP contribution in [0.2, 0.25) is 0 Å². The number of para-hydroxylation sites is 1. The van der Waals surface area contributed by atoms with Crippen LogP contribution in [-0.4, -0.2) is 32.5 Å². The molecular weight excluding hydrogens is 478 g/mol. The van der Waals surface area contributed by atoms with Gasteiger partial charge in [0.15, 0.2) is 0 Å². The lowest BCUT2D eigenvalue weighted by atomic mass is 9.98. The summed E-state index contributed by atoms with van der Waals surface area (Å²) < 4.78 is 11.7. The number of hydrogen-bond donors (Lipinski definition) is 0. The first-order valence-electron chi connectivity index (χ1n) is 12.8. The standard InChI is InChI=1S/C32H36NO3S/c1-25(27-16-17-29-23-31(35-3)19-18-28(29)22-27)32(34)36-20-10-11-21-37-33(2,30-14-8-5-9-15-30)24-26-12-6-4-7-13-26/h4-9,12-19,22-23,25H,10-11,20-21,24H2,1-3H3/q+1/t25-,33?/m0/s1. The number of carbonyl (C=O) groups is 1. The lowest BCUT2D eigenvalue weighted by Crippen LogP contribution is -2.37. The first-order chi connectivity index (χ1) is 18.0. The van der Waals surface area contributed by atoms with Crippen LogP contribution >= 0.6 is 11.9 Å². The van der Waals surface area contributed by atoms with Gasteiger partial charge in [0.2, 0.25) is 0 Å². The highest BCUT2D eigenvalue weighted by Gasteiger charge is 2.27. The van der Waals surface area contributed by atoms with Crippen LogP contribution < -0.4 is 8.63 Å². The van der Waals surface area contributed by atoms with Crippen molar-refractivity contribution in [3.05, 3.63) is 108 Å². The smallest absolute Gasteiger partial charge is 0.313 e. The van der Waals surface area contributed by atoms with Crippen LogP contribution in [-0.2, 0) is 16.1 Å². The van der Waals surface area contributed by atoms with Gasteiger partial charge in [-0.25, -0.2) is 3.89 Å². The number of methoxy groups -OCH3 is 1. The maximum absolute atomic E-state index is 12.7. The Hall–Kier alpha value is -3.28. The third-order valence-corrected chi connectivity index (χ3v) is 8.09. The SMILES string of the molecule is COc1ccc2cc([C@H](C)C(=O)OCCCCS[N+](C)(Cc3ccccc3)c3ccccc3)ccc2c1. The van der Waals surface area contributed by atoms with E-state index in [0.717, 1.165) is 51.1 Å². The van der Waals surface area contributed by atoms with Crippen LogP contribution in [0.3, 0.4) is 0 Å². The van der Waals surface area contributed by atoms with E-state index in [9.17, 15) is 4.79 Å². The van der Waals surface area contributed by atoms with Crippen molar-refractivity contribution in [2.45, 2.75) is 32.2 Å². The molecule has 0 aliphatic heterocycles. The molecule has 4 aromatic rings. The first kappa shape index (κ1) is 26.8. The van der Waals surface area contributed by atoms with Crippen molar-refractivity contribution in [2.24, 2.45) is 0 Å². The molecule has 5 heteroatoms. The quantitative estimate of drug-likeness (QED) is 0.0838. The first-order valence-corrected chi connectivity index (χ1v) is 13.8. The fourth-order valence-electron chi connectivity index (χ4n) is 4.43. The van der Waals surface area contributed by atoms with Crippen molar-refractivity contribution in [1.29, 1.82) is 0 Å². The summed E-state index contributed by atoms with van der Waals surface area (Å²) in [6.45, 7) is 3.28. The third-order valence-electron chi connectivity index (χ3n) is 6.71. The van der Waals surface area contributed by atoms with E-state index in [0.29, 0.717) is 6.61 Å². The molecule has 1 unspecified atom stereocenters. The third kappa shape index (κ3) is 7.15. The number of rotatable bonds is 12. The Bertz CT molecular complexity index is 1300. The van der Waals surface area contributed by atoms with Gasteiger partial charge < -0.3 is 9.47 Å². The van der Waals surface area contributed by atoms with Gasteiger partial charge in [0.25, 0.3) is 0 Å². The molecule has 0 aliphatic carbocycles. The van der Waals surface area contributed by atoms with Crippen LogP contribution in [0.15, 0.2) is 97.1 Å². The zero-order chi connectivity index (χ0) is 26.1. The number of quaternary nitrogens is 1. The topological polar surface area (TPSA) is 35.5 Å². The van der Waals surface area contributed by atoms with E-state index in [4.69, 9.17) is 9.47 Å². The fraction of sp³-hybridized carbons (Fsp3) is 0.281. The van der Waals surface area contributed by atoms with Crippen LogP contribution in [0, 0.1) is 0 Å². The molecule has 4 rings (SSSR count). The molecule has 0 bridgehead atoms. The second kappa shape index (κ2) is 12.8. The summed E-state index contributed by atoms with van der Waals surface area (Å²) in [4.78, 5) is 12.7. The highest BCUT2D eigenvalue weighted by Crippen LogP contribution is 2.33. The minimum absolute atomic E-state index is 0.172. The van der Waals surface area contributed by atoms with Crippen LogP contribution in [0.5, 0.6) is 5.75 Å². The average Bonchev–Trinajstić information content (AvgIpc) is 2.94. The van der Waals surface area contributed by atoms with Crippen molar-refractivity contribution < 1.29 is 14.3 Å². The van der Waals surface area contributed by atoms with E-state index in [1.54, 1.807) is 7.11 Å². The zero-order valence-corrected chi connectivity index (χ0v) is 22.7. The fourth-order valence-corrected chi connectivity index (χ4v) is 5.68. The average molecular weight is 515 g/mol. The van der Waals surface area contributed by atoms with Gasteiger partial charge in [-0.05, 0) is 48.2 Å². The molecule has 0 amide bonds. The minimum atomic E-state index is -0.301. The van der Waals surface area contributed by atoms with E-state index in [-0.39, 0.29) is 11.9 Å². The van der Waals surface area contributed by atoms with E-state index in [2.05, 4.69) is 73.8 Å². The lowest BCUT2D eigenvalue weighted by molar-refractivity contribution is -0.145. The summed E-state index contributed by atoms with van der Waals surface area (Å²) in [5, 5.41) is 2.18. The summed E-state index contributed by atoms with van der Waals surface area (Å²) in [5.74, 6) is 1.34. The number of benzene rings is 4. The number of carbonyl (C=O) groups excluding carboxylic acids is 1. The molecule has 0 spiro atoms. The minimum Gasteiger partial charge on any atom is -0.497 e. The van der Waals surface area contributed by atoms with Gasteiger partial charge in [-0.15, -0.1) is 0 Å². The molecule has 0 radical (unpaired) electrons. The van der Waals surface area contributed by atoms with Crippen molar-refractivity contribution >= 4 is 34.4 Å². The monoisotopic (exact) mass is 514 g/mol. The van der Waals surface area contributed by atoms with Gasteiger partial charge in [-0.1, -0.05) is 72.8 Å². The van der Waals surface area contributed by atoms with Gasteiger partial charge in [0, 0.05) is 23.4 Å². The van der Waals surface area contributed by atoms with E-state index in [1.807, 2.05) is 49.2 Å². The second-order valence-electron chi connectivity index (χ2n) is 9.48. The Kier molecular flexibility index (Phi) is 9.26. The summed E-state index contributed by atoms with van der Waals surface area (Å²) in [5.41, 5.74) is 3.57. The predicted molar refractivity (Wildman–Crippen MR) is 156 cm³/mol. The highest BCUT2D eigenvalue weighted by atomic mass is 32.2. The summed E-state index contributed by atoms with van der Waals surface area (Å²) >= 11 is 1.93. The molecule has 2 atom stereocenters. The normalized spacial score (nSPS) is 13.6. The number of unbranched alkanes of at least 4 members (excludes halogenated alkanes) is 1. The molecule has 0 N–H and O–H groups in total. The molecule has 0 saturated heterocycles. The molecule has 0 saturated carbocycles. The number of esters is 1. The van der Waals surface area contributed by atoms with Crippen molar-refractivity contribution in [2.75, 3.05) is 26.5 Å². The second-order valence-corrected chi connectivity index (χ2v) is 11.0. The summed E-state index contributed by atoms with van der Waals surface area (Å²) in [6.07, 6.45) is 1.84. The Morgan fingerprint density at radius 1 is 0.865 bits per heavy atom. The highest BCUT2D eigenvalue weighted by molar-refractivity contribution is 7.98. The number of ether oxygens (including phenoxy) is 2. The van der Waals surface area contributed by atoms with E-state index >= 15 is 0 Å². The molecule has 4 nitrogen and oxygen atoms in total. The van der Waals surface area contributed by atoms with Crippen LogP contribution in [0.1, 0.15) is 36.8 Å². The summed E-state index contributed by atoms with van der Waals surface area (Å²) in [7, 11) is 3.94. The maximum Gasteiger partial charge on any atom is 0.313 e. The Labute approximate surface area is 224 Å². The van der Waals surface area contributed by atoms with E-state index < -0.39 is 0 Å². The Morgan fingerprint density at radius 2 is 1.54 bits per heavy atom. The molecule has 0 fully saturated rings. The molecule has 0 aliphatic rings. The van der Waals surface area contributed by atoms with Gasteiger partial charge >= 0.3 is 5.97 Å². The van der Waals surface area contributed by atoms with Gasteiger partial charge in [0.1, 0.15) is 18.0 Å². The van der Waals surface area contributed by atoms with Gasteiger partial charge in [0.05, 0.1) is 38.6 Å². The Balaban J connectivity index is 1.26. The van der Waals surface area contributed by atoms with Gasteiger partial charge in [-0.2, -0.15) is 0 Å². The van der Waals surface area contributed by atoms with Crippen LogP contribution in [0.25, 0.3) is 10.8 Å². The summed E-state index contributed by atoms with van der Waals surface area (Å²) in [6, 6.07) is 33.3. The molecule has 0 aromatic heterocycles. The van der Waals surface area contributed by atoms with Crippen molar-refractivity contribution in [3.63, 3.8) is 0 Å². The van der Waals surface area contributed by atoms with Crippen LogP contribution in [0.4, 0.5) is 5.69 Å². The zero-order valence-electron chi connectivity index (χ0n) is 21.9. The van der Waals surface area contributed by atoms with Gasteiger partial charge in [-0.3, -0.25) is 4.79 Å². The molecule has 4 aromatic carbocycles. The predicted octanol–water partition coefficient (Wildman–Crippen LogP) is 7.76.